The standard InChI is InChI=1S/C24H27N5O4S/c1-15(2)22(28-23(30)18-8-6-5-7-9-18)24(31)27-19-10-12-20(13-11-19)34(32,33)29-21-14-16(3)25-17(4)26-21/h5-15,22H,1-4H3,(H,27,31)(H,28,30)(H,25,26,29)/t22-/m1/s1. The fourth-order valence-corrected chi connectivity index (χ4v) is 4.24. The zero-order valence-electron chi connectivity index (χ0n) is 19.4. The van der Waals surface area contributed by atoms with Crippen LogP contribution in [-0.4, -0.2) is 36.2 Å². The zero-order chi connectivity index (χ0) is 24.9. The summed E-state index contributed by atoms with van der Waals surface area (Å²) < 4.78 is 27.8. The molecule has 9 nitrogen and oxygen atoms in total. The van der Waals surface area contributed by atoms with Crippen molar-refractivity contribution >= 4 is 33.3 Å². The summed E-state index contributed by atoms with van der Waals surface area (Å²) in [4.78, 5) is 33.6. The number of aromatic nitrogens is 2. The molecule has 0 radical (unpaired) electrons. The maximum Gasteiger partial charge on any atom is 0.263 e. The van der Waals surface area contributed by atoms with Crippen LogP contribution in [0.3, 0.4) is 0 Å². The minimum atomic E-state index is -3.88. The van der Waals surface area contributed by atoms with Crippen LogP contribution in [0.1, 0.15) is 35.7 Å². The Labute approximate surface area is 199 Å². The van der Waals surface area contributed by atoms with Gasteiger partial charge in [-0.2, -0.15) is 0 Å². The van der Waals surface area contributed by atoms with Crippen molar-refractivity contribution < 1.29 is 18.0 Å². The maximum absolute atomic E-state index is 12.8. The highest BCUT2D eigenvalue weighted by Crippen LogP contribution is 2.18. The van der Waals surface area contributed by atoms with Crippen LogP contribution in [0, 0.1) is 19.8 Å². The van der Waals surface area contributed by atoms with Crippen LogP contribution >= 0.6 is 0 Å². The Hall–Kier alpha value is -3.79. The predicted molar refractivity (Wildman–Crippen MR) is 130 cm³/mol. The first-order valence-corrected chi connectivity index (χ1v) is 12.2. The molecule has 2 amide bonds. The number of rotatable bonds is 8. The van der Waals surface area contributed by atoms with E-state index < -0.39 is 22.0 Å². The molecule has 3 rings (SSSR count). The van der Waals surface area contributed by atoms with Gasteiger partial charge < -0.3 is 10.6 Å². The molecule has 3 N–H and O–H groups in total. The zero-order valence-corrected chi connectivity index (χ0v) is 20.2. The normalized spacial score (nSPS) is 12.1. The molecule has 1 aromatic heterocycles. The lowest BCUT2D eigenvalue weighted by Crippen LogP contribution is -2.47. The number of carbonyl (C=O) groups excluding carboxylic acids is 2. The van der Waals surface area contributed by atoms with Gasteiger partial charge in [0.05, 0.1) is 4.90 Å². The Morgan fingerprint density at radius 2 is 1.56 bits per heavy atom. The van der Waals surface area contributed by atoms with Gasteiger partial charge in [-0.3, -0.25) is 14.3 Å². The number of hydrogen-bond donors (Lipinski definition) is 3. The van der Waals surface area contributed by atoms with Crippen molar-refractivity contribution in [3.05, 3.63) is 77.7 Å². The molecule has 0 unspecified atom stereocenters. The summed E-state index contributed by atoms with van der Waals surface area (Å²) in [6.45, 7) is 7.08. The average molecular weight is 482 g/mol. The lowest BCUT2D eigenvalue weighted by atomic mass is 10.0. The van der Waals surface area contributed by atoms with E-state index in [1.165, 1.54) is 30.3 Å². The van der Waals surface area contributed by atoms with Crippen LogP contribution in [0.15, 0.2) is 65.6 Å². The quantitative estimate of drug-likeness (QED) is 0.453. The van der Waals surface area contributed by atoms with Crippen molar-refractivity contribution in [2.75, 3.05) is 10.0 Å². The van der Waals surface area contributed by atoms with E-state index in [4.69, 9.17) is 0 Å². The van der Waals surface area contributed by atoms with Gasteiger partial charge in [0.25, 0.3) is 15.9 Å². The second kappa shape index (κ2) is 10.4. The first kappa shape index (κ1) is 24.8. The second-order valence-corrected chi connectivity index (χ2v) is 9.80. The van der Waals surface area contributed by atoms with Crippen molar-refractivity contribution in [1.29, 1.82) is 0 Å². The van der Waals surface area contributed by atoms with E-state index in [1.54, 1.807) is 44.2 Å². The summed E-state index contributed by atoms with van der Waals surface area (Å²) in [5, 5.41) is 5.49. The molecule has 1 atom stereocenters. The third kappa shape index (κ3) is 6.38. The van der Waals surface area contributed by atoms with Crippen molar-refractivity contribution in [3.63, 3.8) is 0 Å². The van der Waals surface area contributed by atoms with Crippen LogP contribution in [0.4, 0.5) is 11.5 Å². The largest absolute Gasteiger partial charge is 0.340 e. The Bertz CT molecular complexity index is 1260. The number of hydrogen-bond acceptors (Lipinski definition) is 6. The van der Waals surface area contributed by atoms with E-state index in [2.05, 4.69) is 25.3 Å². The fourth-order valence-electron chi connectivity index (χ4n) is 3.25. The molecule has 0 fully saturated rings. The molecular formula is C24H27N5O4S. The van der Waals surface area contributed by atoms with Crippen LogP contribution in [-0.2, 0) is 14.8 Å². The summed E-state index contributed by atoms with van der Waals surface area (Å²) in [6.07, 6.45) is 0. The third-order valence-corrected chi connectivity index (χ3v) is 6.28. The highest BCUT2D eigenvalue weighted by Gasteiger charge is 2.25. The molecule has 0 saturated heterocycles. The first-order chi connectivity index (χ1) is 16.0. The van der Waals surface area contributed by atoms with Crippen molar-refractivity contribution in [2.24, 2.45) is 5.92 Å². The smallest absolute Gasteiger partial charge is 0.263 e. The van der Waals surface area contributed by atoms with Crippen LogP contribution in [0.2, 0.25) is 0 Å². The second-order valence-electron chi connectivity index (χ2n) is 8.12. The molecule has 0 spiro atoms. The molecular weight excluding hydrogens is 454 g/mol. The number of anilines is 2. The predicted octanol–water partition coefficient (Wildman–Crippen LogP) is 3.29. The van der Waals surface area contributed by atoms with Crippen LogP contribution < -0.4 is 15.4 Å². The molecule has 0 aliphatic heterocycles. The summed E-state index contributed by atoms with van der Waals surface area (Å²) in [6, 6.07) is 15.1. The van der Waals surface area contributed by atoms with Gasteiger partial charge in [0.15, 0.2) is 0 Å². The number of nitrogens with zero attached hydrogens (tertiary/aromatic N) is 2. The van der Waals surface area contributed by atoms with Gasteiger partial charge in [-0.15, -0.1) is 0 Å². The molecule has 0 aliphatic carbocycles. The van der Waals surface area contributed by atoms with Gasteiger partial charge in [-0.25, -0.2) is 18.4 Å². The Morgan fingerprint density at radius 1 is 0.912 bits per heavy atom. The van der Waals surface area contributed by atoms with Crippen molar-refractivity contribution in [1.82, 2.24) is 15.3 Å². The van der Waals surface area contributed by atoms with E-state index in [1.807, 2.05) is 13.8 Å². The molecule has 10 heteroatoms. The van der Waals surface area contributed by atoms with Gasteiger partial charge >= 0.3 is 0 Å². The summed E-state index contributed by atoms with van der Waals surface area (Å²) in [5.41, 5.74) is 1.50. The summed E-state index contributed by atoms with van der Waals surface area (Å²) in [5.74, 6) is -0.292. The van der Waals surface area contributed by atoms with Gasteiger partial charge in [-0.05, 0) is 56.2 Å². The van der Waals surface area contributed by atoms with Crippen molar-refractivity contribution in [3.8, 4) is 0 Å². The number of benzene rings is 2. The SMILES string of the molecule is Cc1cc(NS(=O)(=O)c2ccc(NC(=O)[C@H](NC(=O)c3ccccc3)C(C)C)cc2)nc(C)n1. The molecule has 0 saturated carbocycles. The number of aryl methyl sites for hydroxylation is 2. The number of sulfonamides is 1. The Kier molecular flexibility index (Phi) is 7.62. The van der Waals surface area contributed by atoms with Gasteiger partial charge in [0, 0.05) is 23.0 Å². The maximum atomic E-state index is 12.8. The van der Waals surface area contributed by atoms with E-state index >= 15 is 0 Å². The van der Waals surface area contributed by atoms with Gasteiger partial charge in [0.2, 0.25) is 5.91 Å². The lowest BCUT2D eigenvalue weighted by Gasteiger charge is -2.22. The molecule has 34 heavy (non-hydrogen) atoms. The molecule has 0 aliphatic rings. The average Bonchev–Trinajstić information content (AvgIpc) is 2.77. The van der Waals surface area contributed by atoms with E-state index in [0.29, 0.717) is 22.8 Å². The molecule has 178 valence electrons. The molecule has 0 bridgehead atoms. The third-order valence-electron chi connectivity index (χ3n) is 4.91. The van der Waals surface area contributed by atoms with Crippen LogP contribution in [0.5, 0.6) is 0 Å². The fraction of sp³-hybridized carbons (Fsp3) is 0.250. The molecule has 2 aromatic carbocycles. The van der Waals surface area contributed by atoms with E-state index in [9.17, 15) is 18.0 Å². The summed E-state index contributed by atoms with van der Waals surface area (Å²) in [7, 11) is -3.88. The summed E-state index contributed by atoms with van der Waals surface area (Å²) >= 11 is 0. The molecule has 1 heterocycles. The topological polar surface area (TPSA) is 130 Å². The highest BCUT2D eigenvalue weighted by molar-refractivity contribution is 7.92. The Balaban J connectivity index is 1.69. The van der Waals surface area contributed by atoms with E-state index in [0.717, 1.165) is 0 Å². The van der Waals surface area contributed by atoms with Gasteiger partial charge in [-0.1, -0.05) is 32.0 Å². The highest BCUT2D eigenvalue weighted by atomic mass is 32.2. The molecule has 3 aromatic rings. The lowest BCUT2D eigenvalue weighted by molar-refractivity contribution is -0.118. The van der Waals surface area contributed by atoms with Crippen LogP contribution in [0.25, 0.3) is 0 Å². The first-order valence-electron chi connectivity index (χ1n) is 10.7. The number of amides is 2. The monoisotopic (exact) mass is 481 g/mol. The van der Waals surface area contributed by atoms with Gasteiger partial charge in [0.1, 0.15) is 17.7 Å². The minimum Gasteiger partial charge on any atom is -0.340 e. The Morgan fingerprint density at radius 3 is 2.15 bits per heavy atom. The van der Waals surface area contributed by atoms with E-state index in [-0.39, 0.29) is 22.5 Å². The van der Waals surface area contributed by atoms with Crippen molar-refractivity contribution in [2.45, 2.75) is 38.6 Å². The number of carbonyl (C=O) groups is 2. The number of nitrogens with one attached hydrogen (secondary N) is 3. The minimum absolute atomic E-state index is 0.0113.